The number of pyridine rings is 1. The molecule has 2 aromatic rings. The van der Waals surface area contributed by atoms with E-state index in [4.69, 9.17) is 4.74 Å². The van der Waals surface area contributed by atoms with E-state index in [1.165, 1.54) is 18.9 Å². The second-order valence-corrected chi connectivity index (χ2v) is 6.54. The van der Waals surface area contributed by atoms with Crippen LogP contribution in [0.5, 0.6) is 0 Å². The van der Waals surface area contributed by atoms with Crippen molar-refractivity contribution in [2.45, 2.75) is 50.5 Å². The molecule has 2 bridgehead atoms. The van der Waals surface area contributed by atoms with Crippen LogP contribution >= 0.6 is 24.8 Å². The summed E-state index contributed by atoms with van der Waals surface area (Å²) >= 11 is 0. The first kappa shape index (κ1) is 20.1. The zero-order chi connectivity index (χ0) is 15.6. The Morgan fingerprint density at radius 3 is 2.40 bits per heavy atom. The van der Waals surface area contributed by atoms with Gasteiger partial charge in [0.25, 0.3) is 0 Å². The van der Waals surface area contributed by atoms with Gasteiger partial charge >= 0.3 is 0 Å². The van der Waals surface area contributed by atoms with Crippen molar-refractivity contribution in [1.29, 1.82) is 0 Å². The van der Waals surface area contributed by atoms with E-state index < -0.39 is 0 Å². The molecule has 2 aliphatic rings. The van der Waals surface area contributed by atoms with Gasteiger partial charge in [0.15, 0.2) is 0 Å². The highest BCUT2D eigenvalue weighted by molar-refractivity contribution is 5.85. The summed E-state index contributed by atoms with van der Waals surface area (Å²) in [5.74, 6) is -0.198. The van der Waals surface area contributed by atoms with Crippen LogP contribution in [0.1, 0.15) is 31.2 Å². The summed E-state index contributed by atoms with van der Waals surface area (Å²) < 4.78 is 20.4. The summed E-state index contributed by atoms with van der Waals surface area (Å²) in [6.45, 7) is 0.328. The number of rotatable bonds is 4. The molecule has 2 unspecified atom stereocenters. The third-order valence-electron chi connectivity index (χ3n) is 5.00. The highest BCUT2D eigenvalue weighted by Crippen LogP contribution is 2.31. The first-order valence-corrected chi connectivity index (χ1v) is 8.35. The number of nitrogens with one attached hydrogen (secondary N) is 1. The van der Waals surface area contributed by atoms with Gasteiger partial charge in [-0.2, -0.15) is 0 Å². The molecule has 0 amide bonds. The van der Waals surface area contributed by atoms with Crippen LogP contribution in [0.2, 0.25) is 0 Å². The minimum atomic E-state index is -0.198. The number of halogens is 3. The minimum Gasteiger partial charge on any atom is -0.373 e. The normalized spacial score (nSPS) is 24.3. The van der Waals surface area contributed by atoms with Gasteiger partial charge in [0, 0.05) is 30.0 Å². The molecule has 1 aromatic heterocycles. The number of piperidine rings is 1. The molecule has 0 saturated carbocycles. The number of aromatic nitrogens is 1. The molecule has 1 aromatic carbocycles. The Balaban J connectivity index is 0.00000113. The van der Waals surface area contributed by atoms with E-state index in [1.54, 1.807) is 18.5 Å². The molecule has 136 valence electrons. The number of hydrogen-bond acceptors (Lipinski definition) is 3. The van der Waals surface area contributed by atoms with Crippen LogP contribution in [-0.2, 0) is 11.3 Å². The van der Waals surface area contributed by atoms with Gasteiger partial charge in [-0.25, -0.2) is 4.39 Å². The van der Waals surface area contributed by atoms with Crippen molar-refractivity contribution in [1.82, 2.24) is 10.3 Å². The number of benzene rings is 1. The molecule has 1 N–H and O–H groups in total. The maximum atomic E-state index is 14.3. The Morgan fingerprint density at radius 2 is 1.72 bits per heavy atom. The summed E-state index contributed by atoms with van der Waals surface area (Å²) in [6, 6.07) is 10.2. The molecular weight excluding hydrogens is 362 g/mol. The molecule has 2 aliphatic heterocycles. The molecule has 25 heavy (non-hydrogen) atoms. The Labute approximate surface area is 160 Å². The van der Waals surface area contributed by atoms with Gasteiger partial charge in [-0.05, 0) is 55.0 Å². The average Bonchev–Trinajstić information content (AvgIpc) is 2.93. The van der Waals surface area contributed by atoms with Gasteiger partial charge in [0.2, 0.25) is 0 Å². The van der Waals surface area contributed by atoms with Gasteiger partial charge in [-0.3, -0.25) is 4.98 Å². The third kappa shape index (κ3) is 4.50. The van der Waals surface area contributed by atoms with Crippen molar-refractivity contribution in [3.8, 4) is 11.1 Å². The summed E-state index contributed by atoms with van der Waals surface area (Å²) in [5, 5.41) is 3.61. The predicted molar refractivity (Wildman–Crippen MR) is 102 cm³/mol. The first-order valence-electron chi connectivity index (χ1n) is 8.35. The average molecular weight is 385 g/mol. The molecule has 2 fully saturated rings. The number of hydrogen-bond donors (Lipinski definition) is 1. The van der Waals surface area contributed by atoms with Crippen molar-refractivity contribution in [3.63, 3.8) is 0 Å². The predicted octanol–water partition coefficient (Wildman–Crippen LogP) is 4.53. The van der Waals surface area contributed by atoms with Crippen molar-refractivity contribution in [3.05, 3.63) is 54.1 Å². The van der Waals surface area contributed by atoms with E-state index in [0.717, 1.165) is 24.0 Å². The van der Waals surface area contributed by atoms with Crippen LogP contribution < -0.4 is 5.32 Å². The molecule has 0 spiro atoms. The van der Waals surface area contributed by atoms with Crippen LogP contribution in [0.4, 0.5) is 4.39 Å². The Hall–Kier alpha value is -1.20. The molecule has 4 rings (SSSR count). The smallest absolute Gasteiger partial charge is 0.129 e. The molecule has 2 atom stereocenters. The fourth-order valence-corrected chi connectivity index (χ4v) is 3.85. The van der Waals surface area contributed by atoms with Crippen LogP contribution in [0, 0.1) is 5.82 Å². The molecule has 3 nitrogen and oxygen atoms in total. The van der Waals surface area contributed by atoms with Gasteiger partial charge in [-0.15, -0.1) is 24.8 Å². The quantitative estimate of drug-likeness (QED) is 0.840. The molecule has 2 saturated heterocycles. The Bertz CT molecular complexity index is 674. The fraction of sp³-hybridized carbons (Fsp3) is 0.421. The lowest BCUT2D eigenvalue weighted by atomic mass is 10.00. The Kier molecular flexibility index (Phi) is 7.20. The lowest BCUT2D eigenvalue weighted by molar-refractivity contribution is 0.00821. The van der Waals surface area contributed by atoms with Crippen molar-refractivity contribution in [2.75, 3.05) is 0 Å². The van der Waals surface area contributed by atoms with Gasteiger partial charge in [0.05, 0.1) is 12.7 Å². The van der Waals surface area contributed by atoms with Gasteiger partial charge < -0.3 is 10.1 Å². The third-order valence-corrected chi connectivity index (χ3v) is 5.00. The highest BCUT2D eigenvalue weighted by atomic mass is 35.5. The standard InChI is InChI=1S/C19H21FN2O.2ClH/c20-19-3-1-2-17(13-6-8-21-9-7-13)18(19)12-23-16-10-14-4-5-15(11-16)22-14;;/h1-3,6-9,14-16,22H,4-5,10-12H2;2*1H. The number of nitrogens with zero attached hydrogens (tertiary/aromatic N) is 1. The van der Waals surface area contributed by atoms with Crippen LogP contribution in [0.3, 0.4) is 0 Å². The minimum absolute atomic E-state index is 0. The highest BCUT2D eigenvalue weighted by Gasteiger charge is 2.34. The zero-order valence-electron chi connectivity index (χ0n) is 13.9. The van der Waals surface area contributed by atoms with Crippen molar-refractivity contribution < 1.29 is 9.13 Å². The van der Waals surface area contributed by atoms with E-state index in [9.17, 15) is 4.39 Å². The molecule has 0 aliphatic carbocycles. The summed E-state index contributed by atoms with van der Waals surface area (Å²) in [7, 11) is 0. The lowest BCUT2D eigenvalue weighted by Crippen LogP contribution is -2.41. The van der Waals surface area contributed by atoms with E-state index in [0.29, 0.717) is 24.3 Å². The maximum absolute atomic E-state index is 14.3. The number of ether oxygens (including phenoxy) is 1. The second kappa shape index (κ2) is 8.95. The summed E-state index contributed by atoms with van der Waals surface area (Å²) in [6.07, 6.45) is 8.26. The largest absolute Gasteiger partial charge is 0.373 e. The topological polar surface area (TPSA) is 34.1 Å². The van der Waals surface area contributed by atoms with E-state index >= 15 is 0 Å². The fourth-order valence-electron chi connectivity index (χ4n) is 3.85. The molecule has 6 heteroatoms. The summed E-state index contributed by atoms with van der Waals surface area (Å²) in [5.41, 5.74) is 2.51. The SMILES string of the molecule is Cl.Cl.Fc1cccc(-c2ccncc2)c1COC1CC2CCC(C1)N2. The first-order chi connectivity index (χ1) is 11.3. The number of fused-ring (bicyclic) bond motifs is 2. The van der Waals surface area contributed by atoms with Crippen LogP contribution in [-0.4, -0.2) is 23.2 Å². The lowest BCUT2D eigenvalue weighted by Gasteiger charge is -2.29. The van der Waals surface area contributed by atoms with Crippen LogP contribution in [0.25, 0.3) is 11.1 Å². The van der Waals surface area contributed by atoms with Crippen molar-refractivity contribution in [2.24, 2.45) is 0 Å². The zero-order valence-corrected chi connectivity index (χ0v) is 15.5. The van der Waals surface area contributed by atoms with Gasteiger partial charge in [0.1, 0.15) is 5.82 Å². The van der Waals surface area contributed by atoms with E-state index in [-0.39, 0.29) is 36.7 Å². The van der Waals surface area contributed by atoms with Crippen molar-refractivity contribution >= 4 is 24.8 Å². The molecule has 3 heterocycles. The monoisotopic (exact) mass is 384 g/mol. The van der Waals surface area contributed by atoms with E-state index in [1.807, 2.05) is 18.2 Å². The molecule has 0 radical (unpaired) electrons. The van der Waals surface area contributed by atoms with E-state index in [2.05, 4.69) is 10.3 Å². The molecular formula is C19H23Cl2FN2O. The maximum Gasteiger partial charge on any atom is 0.129 e. The van der Waals surface area contributed by atoms with Crippen LogP contribution in [0.15, 0.2) is 42.7 Å². The Morgan fingerprint density at radius 1 is 1.04 bits per heavy atom. The summed E-state index contributed by atoms with van der Waals surface area (Å²) in [4.78, 5) is 4.03. The van der Waals surface area contributed by atoms with Gasteiger partial charge in [-0.1, -0.05) is 12.1 Å². The second-order valence-electron chi connectivity index (χ2n) is 6.54.